The zero-order chi connectivity index (χ0) is 12.4. The van der Waals surface area contributed by atoms with E-state index in [4.69, 9.17) is 4.74 Å². The highest BCUT2D eigenvalue weighted by molar-refractivity contribution is 5.43. The number of benzene rings is 1. The number of aromatic nitrogens is 2. The van der Waals surface area contributed by atoms with Crippen LogP contribution < -0.4 is 10.1 Å². The highest BCUT2D eigenvalue weighted by atomic mass is 16.5. The molecule has 0 spiro atoms. The number of rotatable bonds is 3. The van der Waals surface area contributed by atoms with Crippen molar-refractivity contribution in [2.45, 2.75) is 18.9 Å². The van der Waals surface area contributed by atoms with Gasteiger partial charge < -0.3 is 10.1 Å². The van der Waals surface area contributed by atoms with Crippen LogP contribution in [0.1, 0.15) is 18.4 Å². The van der Waals surface area contributed by atoms with Crippen molar-refractivity contribution in [3.05, 3.63) is 48.4 Å². The van der Waals surface area contributed by atoms with E-state index in [0.29, 0.717) is 12.5 Å². The predicted molar refractivity (Wildman–Crippen MR) is 69.8 cm³/mol. The summed E-state index contributed by atoms with van der Waals surface area (Å²) in [5.74, 6) is 2.15. The van der Waals surface area contributed by atoms with E-state index in [1.54, 1.807) is 18.6 Å². The zero-order valence-electron chi connectivity index (χ0n) is 10.2. The van der Waals surface area contributed by atoms with Gasteiger partial charge in [0.1, 0.15) is 11.6 Å². The second-order valence-corrected chi connectivity index (χ2v) is 4.48. The van der Waals surface area contributed by atoms with Crippen LogP contribution in [0, 0.1) is 0 Å². The van der Waals surface area contributed by atoms with Crippen molar-refractivity contribution in [2.24, 2.45) is 0 Å². The lowest BCUT2D eigenvalue weighted by atomic mass is 9.94. The van der Waals surface area contributed by atoms with Crippen molar-refractivity contribution >= 4 is 5.82 Å². The molecule has 0 amide bonds. The molecule has 0 saturated heterocycles. The number of nitrogens with zero attached hydrogens (tertiary/aromatic N) is 2. The Morgan fingerprint density at radius 2 is 2.22 bits per heavy atom. The van der Waals surface area contributed by atoms with Gasteiger partial charge in [-0.1, -0.05) is 18.2 Å². The van der Waals surface area contributed by atoms with Crippen molar-refractivity contribution < 1.29 is 4.74 Å². The number of fused-ring (bicyclic) bond motifs is 1. The molecule has 0 radical (unpaired) electrons. The standard InChI is InChI=1S/C14H15N3O/c1-10(17-14-8-15-6-7-16-14)12-9-18-13-5-3-2-4-11(12)13/h2-8,10,12H,9H2,1H3,(H,16,17)/t10-,12-/m1/s1. The Morgan fingerprint density at radius 3 is 3.06 bits per heavy atom. The van der Waals surface area contributed by atoms with Crippen molar-refractivity contribution in [3.63, 3.8) is 0 Å². The molecule has 1 aromatic carbocycles. The summed E-state index contributed by atoms with van der Waals surface area (Å²) in [6, 6.07) is 8.45. The normalized spacial score (nSPS) is 18.8. The van der Waals surface area contributed by atoms with Crippen molar-refractivity contribution in [2.75, 3.05) is 11.9 Å². The van der Waals surface area contributed by atoms with Gasteiger partial charge in [0.15, 0.2) is 0 Å². The van der Waals surface area contributed by atoms with E-state index < -0.39 is 0 Å². The average molecular weight is 241 g/mol. The molecule has 1 N–H and O–H groups in total. The molecule has 2 aromatic rings. The fraction of sp³-hybridized carbons (Fsp3) is 0.286. The minimum Gasteiger partial charge on any atom is -0.493 e. The van der Waals surface area contributed by atoms with Crippen molar-refractivity contribution in [3.8, 4) is 5.75 Å². The molecule has 1 aliphatic heterocycles. The molecule has 2 heterocycles. The van der Waals surface area contributed by atoms with Gasteiger partial charge in [-0.3, -0.25) is 4.98 Å². The van der Waals surface area contributed by atoms with Gasteiger partial charge >= 0.3 is 0 Å². The van der Waals surface area contributed by atoms with E-state index in [2.05, 4.69) is 34.3 Å². The summed E-state index contributed by atoms with van der Waals surface area (Å²) >= 11 is 0. The minimum absolute atomic E-state index is 0.255. The molecule has 3 rings (SSSR count). The van der Waals surface area contributed by atoms with E-state index in [-0.39, 0.29) is 6.04 Å². The molecule has 0 bridgehead atoms. The van der Waals surface area contributed by atoms with Crippen molar-refractivity contribution in [1.82, 2.24) is 9.97 Å². The van der Waals surface area contributed by atoms with Crippen LogP contribution in [0.15, 0.2) is 42.9 Å². The third-order valence-corrected chi connectivity index (χ3v) is 3.28. The summed E-state index contributed by atoms with van der Waals surface area (Å²) in [4.78, 5) is 8.28. The molecule has 1 aliphatic rings. The van der Waals surface area contributed by atoms with Crippen LogP contribution in [0.25, 0.3) is 0 Å². The second-order valence-electron chi connectivity index (χ2n) is 4.48. The number of anilines is 1. The Labute approximate surface area is 106 Å². The molecule has 0 fully saturated rings. The van der Waals surface area contributed by atoms with E-state index in [1.165, 1.54) is 5.56 Å². The first-order chi connectivity index (χ1) is 8.84. The van der Waals surface area contributed by atoms with Gasteiger partial charge in [0.05, 0.1) is 12.8 Å². The molecular formula is C14H15N3O. The lowest BCUT2D eigenvalue weighted by Gasteiger charge is -2.20. The molecular weight excluding hydrogens is 226 g/mol. The maximum absolute atomic E-state index is 5.69. The zero-order valence-corrected chi connectivity index (χ0v) is 10.2. The van der Waals surface area contributed by atoms with Gasteiger partial charge in [0.25, 0.3) is 0 Å². The lowest BCUT2D eigenvalue weighted by Crippen LogP contribution is -2.25. The molecule has 4 heteroatoms. The number of hydrogen-bond donors (Lipinski definition) is 1. The topological polar surface area (TPSA) is 47.0 Å². The largest absolute Gasteiger partial charge is 0.493 e. The Kier molecular flexibility index (Phi) is 2.84. The highest BCUT2D eigenvalue weighted by Crippen LogP contribution is 2.36. The van der Waals surface area contributed by atoms with Gasteiger partial charge in [-0.2, -0.15) is 0 Å². The maximum Gasteiger partial charge on any atom is 0.144 e. The van der Waals surface area contributed by atoms with Gasteiger partial charge in [-0.25, -0.2) is 4.98 Å². The molecule has 1 aromatic heterocycles. The summed E-state index contributed by atoms with van der Waals surface area (Å²) in [5.41, 5.74) is 1.27. The highest BCUT2D eigenvalue weighted by Gasteiger charge is 2.28. The van der Waals surface area contributed by atoms with Crippen LogP contribution in [0.4, 0.5) is 5.82 Å². The van der Waals surface area contributed by atoms with Crippen LogP contribution in [0.5, 0.6) is 5.75 Å². The Hall–Kier alpha value is -2.10. The maximum atomic E-state index is 5.69. The Morgan fingerprint density at radius 1 is 1.33 bits per heavy atom. The Balaban J connectivity index is 1.77. The summed E-state index contributed by atoms with van der Waals surface area (Å²) < 4.78 is 5.69. The van der Waals surface area contributed by atoms with E-state index in [1.807, 2.05) is 12.1 Å². The number of ether oxygens (including phenoxy) is 1. The molecule has 4 nitrogen and oxygen atoms in total. The lowest BCUT2D eigenvalue weighted by molar-refractivity contribution is 0.322. The molecule has 0 saturated carbocycles. The SMILES string of the molecule is C[C@@H](Nc1cnccn1)[C@H]1COc2ccccc21. The quantitative estimate of drug-likeness (QED) is 0.896. The Bertz CT molecular complexity index is 530. The first kappa shape index (κ1) is 11.0. The van der Waals surface area contributed by atoms with Crippen LogP contribution in [-0.4, -0.2) is 22.6 Å². The predicted octanol–water partition coefficient (Wildman–Crippen LogP) is 2.45. The number of para-hydroxylation sites is 1. The summed E-state index contributed by atoms with van der Waals surface area (Å²) in [6.45, 7) is 2.86. The van der Waals surface area contributed by atoms with Crippen LogP contribution in [0.2, 0.25) is 0 Å². The summed E-state index contributed by atoms with van der Waals surface area (Å²) in [5, 5.41) is 3.37. The molecule has 0 aliphatic carbocycles. The first-order valence-corrected chi connectivity index (χ1v) is 6.09. The van der Waals surface area contributed by atoms with E-state index in [0.717, 1.165) is 11.6 Å². The summed E-state index contributed by atoms with van der Waals surface area (Å²) in [7, 11) is 0. The van der Waals surface area contributed by atoms with Crippen molar-refractivity contribution in [1.29, 1.82) is 0 Å². The van der Waals surface area contributed by atoms with Crippen LogP contribution in [-0.2, 0) is 0 Å². The average Bonchev–Trinajstić information content (AvgIpc) is 2.84. The monoisotopic (exact) mass is 241 g/mol. The smallest absolute Gasteiger partial charge is 0.144 e. The van der Waals surface area contributed by atoms with Gasteiger partial charge in [0, 0.05) is 29.9 Å². The number of nitrogens with one attached hydrogen (secondary N) is 1. The van der Waals surface area contributed by atoms with Crippen LogP contribution >= 0.6 is 0 Å². The van der Waals surface area contributed by atoms with E-state index in [9.17, 15) is 0 Å². The van der Waals surface area contributed by atoms with Gasteiger partial charge in [-0.05, 0) is 13.0 Å². The first-order valence-electron chi connectivity index (χ1n) is 6.09. The molecule has 18 heavy (non-hydrogen) atoms. The second kappa shape index (κ2) is 4.64. The fourth-order valence-electron chi connectivity index (χ4n) is 2.31. The fourth-order valence-corrected chi connectivity index (χ4v) is 2.31. The third kappa shape index (κ3) is 2.01. The molecule has 2 atom stereocenters. The van der Waals surface area contributed by atoms with Gasteiger partial charge in [-0.15, -0.1) is 0 Å². The van der Waals surface area contributed by atoms with Gasteiger partial charge in [0.2, 0.25) is 0 Å². The number of hydrogen-bond acceptors (Lipinski definition) is 4. The third-order valence-electron chi connectivity index (χ3n) is 3.28. The molecule has 92 valence electrons. The molecule has 0 unspecified atom stereocenters. The van der Waals surface area contributed by atoms with Crippen LogP contribution in [0.3, 0.4) is 0 Å². The minimum atomic E-state index is 0.255. The van der Waals surface area contributed by atoms with E-state index >= 15 is 0 Å². The summed E-state index contributed by atoms with van der Waals surface area (Å²) in [6.07, 6.45) is 5.09.